The summed E-state index contributed by atoms with van der Waals surface area (Å²) < 4.78 is 43.2. The molecule has 0 saturated heterocycles. The standard InChI is InChI=1S/C39H50N2O7S/c1-7-38(3,4)27-15-20-34(33(25-27)39(5,6)8-2)47-22-11-21-41-37(43)32-26-35(30-13-9-10-14-31(30)36(32)42)48-49(44,45)24-12-23-46-29-18-16-28(40)17-19-29/h9-10,13-20,25-26,42H,7-8,11-12,21-24,40H2,1-6H3,(H,41,43). The molecule has 0 aromatic heterocycles. The lowest BCUT2D eigenvalue weighted by Gasteiger charge is -2.30. The van der Waals surface area contributed by atoms with Crippen LogP contribution in [0.3, 0.4) is 0 Å². The Morgan fingerprint density at radius 1 is 0.816 bits per heavy atom. The van der Waals surface area contributed by atoms with Crippen molar-refractivity contribution in [2.24, 2.45) is 0 Å². The van der Waals surface area contributed by atoms with Crippen molar-refractivity contribution in [1.82, 2.24) is 5.32 Å². The number of aromatic hydroxyl groups is 1. The van der Waals surface area contributed by atoms with Gasteiger partial charge in [-0.15, -0.1) is 0 Å². The summed E-state index contributed by atoms with van der Waals surface area (Å²) >= 11 is 0. The fourth-order valence-electron chi connectivity index (χ4n) is 5.29. The highest BCUT2D eigenvalue weighted by Crippen LogP contribution is 2.39. The highest BCUT2D eigenvalue weighted by Gasteiger charge is 2.27. The van der Waals surface area contributed by atoms with Gasteiger partial charge in [-0.25, -0.2) is 0 Å². The fraction of sp³-hybridized carbons (Fsp3) is 0.410. The number of phenolic OH excluding ortho intramolecular Hbond substituents is 1. The normalized spacial score (nSPS) is 12.1. The summed E-state index contributed by atoms with van der Waals surface area (Å²) in [4.78, 5) is 13.3. The predicted octanol–water partition coefficient (Wildman–Crippen LogP) is 7.88. The van der Waals surface area contributed by atoms with E-state index >= 15 is 0 Å². The molecule has 4 N–H and O–H groups in total. The number of nitrogens with one attached hydrogen (secondary N) is 1. The van der Waals surface area contributed by atoms with Crippen LogP contribution in [0, 0.1) is 0 Å². The second-order valence-electron chi connectivity index (χ2n) is 13.6. The monoisotopic (exact) mass is 690 g/mol. The minimum atomic E-state index is -4.05. The summed E-state index contributed by atoms with van der Waals surface area (Å²) in [5.74, 6) is 0.251. The zero-order valence-electron chi connectivity index (χ0n) is 29.5. The maximum atomic E-state index is 13.3. The van der Waals surface area contributed by atoms with E-state index in [1.165, 1.54) is 11.6 Å². The molecule has 10 heteroatoms. The summed E-state index contributed by atoms with van der Waals surface area (Å²) in [5.41, 5.74) is 8.62. The molecule has 0 unspecified atom stereocenters. The molecule has 1 amide bonds. The summed E-state index contributed by atoms with van der Waals surface area (Å²) in [7, 11) is -4.05. The maximum absolute atomic E-state index is 13.3. The van der Waals surface area contributed by atoms with Crippen LogP contribution < -0.4 is 24.7 Å². The van der Waals surface area contributed by atoms with E-state index in [1.807, 2.05) is 6.07 Å². The van der Waals surface area contributed by atoms with Crippen molar-refractivity contribution < 1.29 is 32.0 Å². The van der Waals surface area contributed by atoms with Crippen LogP contribution in [-0.2, 0) is 20.9 Å². The van der Waals surface area contributed by atoms with Crippen LogP contribution in [-0.4, -0.2) is 44.9 Å². The second kappa shape index (κ2) is 15.8. The van der Waals surface area contributed by atoms with Gasteiger partial charge in [0.15, 0.2) is 5.75 Å². The van der Waals surface area contributed by atoms with E-state index in [-0.39, 0.29) is 53.2 Å². The fourth-order valence-corrected chi connectivity index (χ4v) is 6.25. The van der Waals surface area contributed by atoms with Crippen molar-refractivity contribution in [1.29, 1.82) is 0 Å². The van der Waals surface area contributed by atoms with Crippen molar-refractivity contribution in [3.05, 3.63) is 89.5 Å². The number of hydrogen-bond acceptors (Lipinski definition) is 8. The topological polar surface area (TPSA) is 137 Å². The summed E-state index contributed by atoms with van der Waals surface area (Å²) in [6.45, 7) is 14.1. The van der Waals surface area contributed by atoms with Crippen molar-refractivity contribution in [3.63, 3.8) is 0 Å². The van der Waals surface area contributed by atoms with Crippen LogP contribution in [0.4, 0.5) is 5.69 Å². The molecule has 0 aliphatic rings. The zero-order chi connectivity index (χ0) is 35.8. The Balaban J connectivity index is 1.39. The number of nitrogens with two attached hydrogens (primary N) is 1. The largest absolute Gasteiger partial charge is 0.506 e. The van der Waals surface area contributed by atoms with Gasteiger partial charge in [0.25, 0.3) is 5.91 Å². The third-order valence-corrected chi connectivity index (χ3v) is 10.5. The molecule has 0 radical (unpaired) electrons. The number of phenols is 1. The number of rotatable bonds is 17. The van der Waals surface area contributed by atoms with Gasteiger partial charge in [-0.3, -0.25) is 4.79 Å². The molecule has 0 heterocycles. The van der Waals surface area contributed by atoms with Gasteiger partial charge in [-0.1, -0.05) is 77.9 Å². The molecule has 0 saturated carbocycles. The Labute approximate surface area is 290 Å². The average Bonchev–Trinajstić information content (AvgIpc) is 3.08. The van der Waals surface area contributed by atoms with Crippen molar-refractivity contribution in [3.8, 4) is 23.0 Å². The van der Waals surface area contributed by atoms with E-state index in [0.717, 1.165) is 24.2 Å². The smallest absolute Gasteiger partial charge is 0.309 e. The minimum Gasteiger partial charge on any atom is -0.506 e. The van der Waals surface area contributed by atoms with E-state index in [4.69, 9.17) is 19.4 Å². The first kappa shape index (κ1) is 37.4. The Kier molecular flexibility index (Phi) is 12.1. The van der Waals surface area contributed by atoms with Gasteiger partial charge < -0.3 is 29.8 Å². The van der Waals surface area contributed by atoms with E-state index in [1.54, 1.807) is 48.5 Å². The van der Waals surface area contributed by atoms with Gasteiger partial charge in [-0.05, 0) is 78.5 Å². The average molecular weight is 691 g/mol. The molecular formula is C39H50N2O7S. The highest BCUT2D eigenvalue weighted by molar-refractivity contribution is 7.87. The van der Waals surface area contributed by atoms with Gasteiger partial charge in [0, 0.05) is 28.6 Å². The zero-order valence-corrected chi connectivity index (χ0v) is 30.3. The van der Waals surface area contributed by atoms with Crippen LogP contribution in [0.25, 0.3) is 10.8 Å². The van der Waals surface area contributed by atoms with E-state index in [9.17, 15) is 18.3 Å². The Morgan fingerprint density at radius 2 is 1.47 bits per heavy atom. The van der Waals surface area contributed by atoms with Gasteiger partial charge in [0.05, 0.1) is 24.5 Å². The van der Waals surface area contributed by atoms with Crippen LogP contribution >= 0.6 is 0 Å². The van der Waals surface area contributed by atoms with Crippen LogP contribution in [0.15, 0.2) is 72.8 Å². The van der Waals surface area contributed by atoms with Crippen LogP contribution in [0.5, 0.6) is 23.0 Å². The van der Waals surface area contributed by atoms with Crippen LogP contribution in [0.2, 0.25) is 0 Å². The van der Waals surface area contributed by atoms with Gasteiger partial charge >= 0.3 is 10.1 Å². The number of nitrogen functional groups attached to an aromatic ring is 1. The van der Waals surface area contributed by atoms with E-state index in [2.05, 4.69) is 59.0 Å². The van der Waals surface area contributed by atoms with Crippen molar-refractivity contribution in [2.45, 2.75) is 78.1 Å². The summed E-state index contributed by atoms with van der Waals surface area (Å²) in [6, 6.07) is 21.2. The SMILES string of the molecule is CCC(C)(C)c1ccc(OCCCNC(=O)c2cc(OS(=O)(=O)CCCOc3ccc(N)cc3)c3ccccc3c2O)c(C(C)(C)CC)c1. The molecule has 264 valence electrons. The first-order valence-electron chi connectivity index (χ1n) is 16.9. The number of ether oxygens (including phenoxy) is 2. The number of benzene rings is 4. The predicted molar refractivity (Wildman–Crippen MR) is 197 cm³/mol. The molecule has 4 aromatic carbocycles. The third-order valence-electron chi connectivity index (χ3n) is 9.25. The molecule has 49 heavy (non-hydrogen) atoms. The van der Waals surface area contributed by atoms with Crippen LogP contribution in [0.1, 0.15) is 88.7 Å². The van der Waals surface area contributed by atoms with Crippen molar-refractivity contribution >= 4 is 32.5 Å². The molecule has 0 spiro atoms. The summed E-state index contributed by atoms with van der Waals surface area (Å²) in [5, 5.41) is 14.5. The lowest BCUT2D eigenvalue weighted by Crippen LogP contribution is -2.26. The highest BCUT2D eigenvalue weighted by atomic mass is 32.2. The molecule has 9 nitrogen and oxygen atoms in total. The Morgan fingerprint density at radius 3 is 2.14 bits per heavy atom. The number of carbonyl (C=O) groups is 1. The van der Waals surface area contributed by atoms with Gasteiger partial charge in [-0.2, -0.15) is 8.42 Å². The molecule has 0 bridgehead atoms. The number of hydrogen-bond donors (Lipinski definition) is 3. The van der Waals surface area contributed by atoms with Gasteiger partial charge in [0.2, 0.25) is 0 Å². The van der Waals surface area contributed by atoms with E-state index < -0.39 is 16.0 Å². The quantitative estimate of drug-likeness (QED) is 0.0578. The Hall–Kier alpha value is -4.44. The molecule has 0 fully saturated rings. The van der Waals surface area contributed by atoms with Gasteiger partial charge in [0.1, 0.15) is 17.2 Å². The van der Waals surface area contributed by atoms with Crippen molar-refractivity contribution in [2.75, 3.05) is 31.2 Å². The molecular weight excluding hydrogens is 641 g/mol. The number of amides is 1. The molecule has 0 aliphatic heterocycles. The number of carbonyl (C=O) groups excluding carboxylic acids is 1. The number of fused-ring (bicyclic) bond motifs is 1. The Bertz CT molecular complexity index is 1850. The second-order valence-corrected chi connectivity index (χ2v) is 15.3. The number of anilines is 1. The lowest BCUT2D eigenvalue weighted by molar-refractivity contribution is 0.0949. The minimum absolute atomic E-state index is 0.0397. The molecule has 4 rings (SSSR count). The molecule has 0 aliphatic carbocycles. The lowest BCUT2D eigenvalue weighted by atomic mass is 9.76. The molecule has 0 atom stereocenters. The maximum Gasteiger partial charge on any atom is 0.309 e. The van der Waals surface area contributed by atoms with E-state index in [0.29, 0.717) is 35.2 Å². The molecule has 4 aromatic rings. The summed E-state index contributed by atoms with van der Waals surface area (Å²) in [6.07, 6.45) is 2.67. The first-order chi connectivity index (χ1) is 23.2. The third kappa shape index (κ3) is 9.59. The first-order valence-corrected chi connectivity index (χ1v) is 18.5.